The van der Waals surface area contributed by atoms with Crippen LogP contribution in [0.4, 0.5) is 0 Å². The van der Waals surface area contributed by atoms with Gasteiger partial charge < -0.3 is 35.3 Å². The molecule has 1 unspecified atom stereocenters. The van der Waals surface area contributed by atoms with E-state index in [9.17, 15) is 4.79 Å². The number of hydrogen-bond donors (Lipinski definition) is 0. The summed E-state index contributed by atoms with van der Waals surface area (Å²) in [5.41, 5.74) is 12.2. The largest absolute Gasteiger partial charge is 4.00 e. The van der Waals surface area contributed by atoms with Crippen LogP contribution < -0.4 is 24.8 Å². The summed E-state index contributed by atoms with van der Waals surface area (Å²) in [4.78, 5) is 11.4. The monoisotopic (exact) mass is 658 g/mol. The van der Waals surface area contributed by atoms with Crippen LogP contribution in [0.25, 0.3) is 5.73 Å². The van der Waals surface area contributed by atoms with Crippen molar-refractivity contribution in [2.75, 3.05) is 0 Å². The van der Waals surface area contributed by atoms with Crippen molar-refractivity contribution < 1.29 is 51.3 Å². The number of halogens is 2. The van der Waals surface area contributed by atoms with Gasteiger partial charge in [-0.15, -0.1) is 0 Å². The number of carbonyl (C=O) groups excluding carboxylic acids is 1. The van der Waals surface area contributed by atoms with Crippen molar-refractivity contribution in [3.05, 3.63) is 28.5 Å². The predicted octanol–water partition coefficient (Wildman–Crippen LogP) is 5.10. The third-order valence-corrected chi connectivity index (χ3v) is 9.62. The smallest absolute Gasteiger partial charge is 1.00 e. The van der Waals surface area contributed by atoms with Crippen LogP contribution in [-0.2, 0) is 26.5 Å². The minimum atomic E-state index is -0.258. The van der Waals surface area contributed by atoms with Gasteiger partial charge in [-0.3, -0.25) is 6.08 Å². The zero-order chi connectivity index (χ0) is 28.0. The summed E-state index contributed by atoms with van der Waals surface area (Å²) in [6.45, 7) is 13.7. The maximum atomic E-state index is 11.4. The fourth-order valence-corrected chi connectivity index (χ4v) is 8.10. The van der Waals surface area contributed by atoms with Gasteiger partial charge >= 0.3 is 21.7 Å². The first kappa shape index (κ1) is 43.6. The number of carbonyl (C=O) groups is 1. The molecule has 2 nitrogen and oxygen atoms in total. The van der Waals surface area contributed by atoms with E-state index in [0.717, 1.165) is 46.5 Å². The van der Waals surface area contributed by atoms with Crippen LogP contribution in [-0.4, -0.2) is 15.4 Å². The van der Waals surface area contributed by atoms with E-state index in [1.165, 1.54) is 103 Å². The van der Waals surface area contributed by atoms with E-state index in [1.54, 1.807) is 16.7 Å². The molecule has 5 aliphatic rings. The summed E-state index contributed by atoms with van der Waals surface area (Å²) in [6.07, 6.45) is 28.7. The summed E-state index contributed by atoms with van der Waals surface area (Å²) in [6, 6.07) is 0. The van der Waals surface area contributed by atoms with Crippen molar-refractivity contribution in [1.82, 2.24) is 0 Å². The number of hydrogen-bond acceptors (Lipinski definition) is 1. The Labute approximate surface area is 285 Å². The zero-order valence-electron chi connectivity index (χ0n) is 27.5. The minimum absolute atomic E-state index is 0. The van der Waals surface area contributed by atoms with Crippen molar-refractivity contribution in [1.29, 1.82) is 0 Å². The molecule has 0 heterocycles. The molecular weight excluding hydrogens is 597 g/mol. The molecule has 41 heavy (non-hydrogen) atoms. The summed E-state index contributed by atoms with van der Waals surface area (Å²) in [5.74, 6) is 2.71. The van der Waals surface area contributed by atoms with Crippen LogP contribution >= 0.6 is 0 Å². The normalized spacial score (nSPS) is 26.8. The first-order valence-corrected chi connectivity index (χ1v) is 19.0. The van der Waals surface area contributed by atoms with Gasteiger partial charge in [0, 0.05) is 14.9 Å². The van der Waals surface area contributed by atoms with E-state index in [0.29, 0.717) is 5.92 Å². The van der Waals surface area contributed by atoms with Gasteiger partial charge in [0.15, 0.2) is 0 Å². The second-order valence-corrected chi connectivity index (χ2v) is 14.3. The first-order chi connectivity index (χ1) is 18.3. The molecule has 6 heteroatoms. The molecule has 0 aliphatic heterocycles. The molecule has 4 saturated carbocycles. The van der Waals surface area contributed by atoms with Gasteiger partial charge in [-0.05, 0) is 62.7 Å². The molecule has 0 spiro atoms. The number of rotatable bonds is 14. The number of amides is 1. The van der Waals surface area contributed by atoms with E-state index < -0.39 is 0 Å². The van der Waals surface area contributed by atoms with Gasteiger partial charge in [0.05, 0.1) is 5.91 Å². The average molecular weight is 660 g/mol. The fraction of sp³-hybridized carbons (Fsp3) is 0.857. The Morgan fingerprint density at radius 1 is 0.805 bits per heavy atom. The van der Waals surface area contributed by atoms with Crippen LogP contribution in [0, 0.1) is 35.2 Å². The van der Waals surface area contributed by atoms with Crippen LogP contribution in [0.15, 0.2) is 16.7 Å². The molecular formula is C35H62Cl2NOSiTi. The van der Waals surface area contributed by atoms with Gasteiger partial charge in [0.2, 0.25) is 0 Å². The Morgan fingerprint density at radius 3 is 1.66 bits per heavy atom. The Morgan fingerprint density at radius 2 is 1.22 bits per heavy atom. The van der Waals surface area contributed by atoms with E-state index in [4.69, 9.17) is 5.73 Å². The molecule has 5 rings (SSSR count). The summed E-state index contributed by atoms with van der Waals surface area (Å²) < 4.78 is 0. The molecule has 1 atom stereocenters. The predicted molar refractivity (Wildman–Crippen MR) is 169 cm³/mol. The topological polar surface area (TPSA) is 40.9 Å². The van der Waals surface area contributed by atoms with Gasteiger partial charge in [-0.2, -0.15) is 11.1 Å². The maximum Gasteiger partial charge on any atom is 4.00 e. The molecule has 235 valence electrons. The zero-order valence-corrected chi connectivity index (χ0v) is 31.7. The van der Waals surface area contributed by atoms with Gasteiger partial charge in [0.25, 0.3) is 0 Å². The SMILES string of the molecule is CCCCCCCCC1=C(CCCCCC)C(CC)=[C-]C1C.C[SiH]C.[Cl-].[Cl-].[NH-]C(=O)C12CC3CC(CC(C3)C1)C2.[Ti+4]. The number of allylic oxidation sites excluding steroid dienone is 4. The molecule has 5 aliphatic carbocycles. The van der Waals surface area contributed by atoms with Crippen molar-refractivity contribution in [2.45, 2.75) is 163 Å². The summed E-state index contributed by atoms with van der Waals surface area (Å²) in [5, 5.41) is 0. The maximum absolute atomic E-state index is 11.4. The van der Waals surface area contributed by atoms with Crippen molar-refractivity contribution in [3.63, 3.8) is 0 Å². The third-order valence-electron chi connectivity index (χ3n) is 9.62. The third kappa shape index (κ3) is 14.0. The van der Waals surface area contributed by atoms with E-state index in [2.05, 4.69) is 46.9 Å². The Hall–Kier alpha value is 0.461. The van der Waals surface area contributed by atoms with Crippen molar-refractivity contribution in [3.8, 4) is 0 Å². The van der Waals surface area contributed by atoms with Crippen molar-refractivity contribution in [2.24, 2.45) is 29.1 Å². The summed E-state index contributed by atoms with van der Waals surface area (Å²) in [7, 11) is 0.750. The second kappa shape index (κ2) is 23.8. The van der Waals surface area contributed by atoms with Crippen LogP contribution in [0.5, 0.6) is 0 Å². The van der Waals surface area contributed by atoms with Gasteiger partial charge in [-0.25, -0.2) is 5.57 Å². The molecule has 1 amide bonds. The standard InChI is InChI=1S/C22H39.C11H17NO.C2H7Si.2ClH.Ti/c1-5-8-10-12-13-15-16-21-19(4)18-20(7-3)22(21)17-14-11-9-6-2;12-10(13)11-4-7-1-8(5-11)3-9(2-7)6-11;1-3-2;;;/h19H,5-17H2,1-4H3;7-9H,1-6H2,(H2,12,13);3H,1-2H3;2*1H;/q-1;;;;;+4/p-3. The molecule has 1 radical (unpaired) electrons. The minimum Gasteiger partial charge on any atom is -1.00 e. The molecule has 4 bridgehead atoms. The quantitative estimate of drug-likeness (QED) is 0.146. The van der Waals surface area contributed by atoms with Gasteiger partial charge in [-0.1, -0.05) is 124 Å². The van der Waals surface area contributed by atoms with Crippen LogP contribution in [0.2, 0.25) is 13.1 Å². The Bertz CT molecular complexity index is 734. The van der Waals surface area contributed by atoms with Crippen LogP contribution in [0.3, 0.4) is 0 Å². The molecule has 0 aromatic carbocycles. The molecule has 4 fully saturated rings. The van der Waals surface area contributed by atoms with E-state index in [1.807, 2.05) is 0 Å². The molecule has 0 aromatic rings. The Kier molecular flexibility index (Phi) is 25.3. The summed E-state index contributed by atoms with van der Waals surface area (Å²) >= 11 is 0. The fourth-order valence-electron chi connectivity index (χ4n) is 8.10. The molecule has 0 saturated heterocycles. The van der Waals surface area contributed by atoms with Gasteiger partial charge in [0.1, 0.15) is 0 Å². The number of unbranched alkanes of at least 4 members (excludes halogenated alkanes) is 8. The van der Waals surface area contributed by atoms with E-state index >= 15 is 0 Å². The van der Waals surface area contributed by atoms with Crippen LogP contribution in [0.1, 0.15) is 150 Å². The van der Waals surface area contributed by atoms with E-state index in [-0.39, 0.29) is 57.9 Å². The average Bonchev–Trinajstić information content (AvgIpc) is 3.18. The first-order valence-electron chi connectivity index (χ1n) is 16.7. The number of nitrogens with one attached hydrogen (secondary N) is 1. The Balaban J connectivity index is 0. The second-order valence-electron chi connectivity index (χ2n) is 13.1. The van der Waals surface area contributed by atoms with Crippen molar-refractivity contribution >= 4 is 15.4 Å². The molecule has 1 N–H and O–H groups in total. The molecule has 0 aromatic heterocycles.